The second-order valence-electron chi connectivity index (χ2n) is 10.9. The van der Waals surface area contributed by atoms with Crippen LogP contribution in [0.5, 0.6) is 0 Å². The summed E-state index contributed by atoms with van der Waals surface area (Å²) in [6, 6.07) is 17.0. The Bertz CT molecular complexity index is 1630. The molecule has 9 nitrogen and oxygen atoms in total. The van der Waals surface area contributed by atoms with E-state index < -0.39 is 59.8 Å². The normalized spacial score (nSPS) is 20.0. The van der Waals surface area contributed by atoms with E-state index in [1.807, 2.05) is 30.3 Å². The third-order valence-corrected chi connectivity index (χ3v) is 8.25. The third kappa shape index (κ3) is 6.46. The van der Waals surface area contributed by atoms with E-state index >= 15 is 0 Å². The first-order chi connectivity index (χ1) is 22.0. The van der Waals surface area contributed by atoms with Crippen molar-refractivity contribution < 1.29 is 41.8 Å². The van der Waals surface area contributed by atoms with Crippen molar-refractivity contribution in [1.82, 2.24) is 15.1 Å². The molecule has 4 atom stereocenters. The smallest absolute Gasteiger partial charge is 0.416 e. The zero-order valence-electron chi connectivity index (χ0n) is 24.9. The number of benzene rings is 3. The second-order valence-corrected chi connectivity index (χ2v) is 10.9. The van der Waals surface area contributed by atoms with E-state index in [4.69, 9.17) is 9.47 Å². The average Bonchev–Trinajstić information content (AvgIpc) is 3.43. The number of rotatable bonds is 11. The fraction of sp³-hybridized carbons (Fsp3) is 0.294. The highest BCUT2D eigenvalue weighted by atomic mass is 19.4. The lowest BCUT2D eigenvalue weighted by Gasteiger charge is -2.53. The maximum Gasteiger partial charge on any atom is 0.416 e. The van der Waals surface area contributed by atoms with Gasteiger partial charge in [0.2, 0.25) is 11.8 Å². The van der Waals surface area contributed by atoms with Gasteiger partial charge in [-0.25, -0.2) is 4.79 Å². The Labute approximate surface area is 263 Å². The number of ether oxygens (including phenoxy) is 2. The summed E-state index contributed by atoms with van der Waals surface area (Å²) in [5.74, 6) is -1.85. The van der Waals surface area contributed by atoms with E-state index in [2.05, 4.69) is 11.9 Å². The van der Waals surface area contributed by atoms with Crippen molar-refractivity contribution >= 4 is 30.0 Å². The van der Waals surface area contributed by atoms with Gasteiger partial charge in [-0.15, -0.1) is 0 Å². The molecule has 5 rings (SSSR count). The number of nitrogens with zero attached hydrogens (tertiary/aromatic N) is 2. The summed E-state index contributed by atoms with van der Waals surface area (Å²) < 4.78 is 50.0. The number of nitrogens with one attached hydrogen (secondary N) is 1. The molecule has 0 spiro atoms. The van der Waals surface area contributed by atoms with Gasteiger partial charge in [0.05, 0.1) is 24.8 Å². The summed E-state index contributed by atoms with van der Waals surface area (Å²) in [5.41, 5.74) is 1.37. The molecular formula is C34H32F3N3O6. The van der Waals surface area contributed by atoms with Gasteiger partial charge in [-0.1, -0.05) is 79.4 Å². The molecule has 1 unspecified atom stereocenters. The molecule has 0 aromatic heterocycles. The van der Waals surface area contributed by atoms with Gasteiger partial charge in [-0.05, 0) is 40.8 Å². The number of hydrogen-bond acceptors (Lipinski definition) is 6. The van der Waals surface area contributed by atoms with Crippen molar-refractivity contribution in [2.75, 3.05) is 13.7 Å². The van der Waals surface area contributed by atoms with Crippen LogP contribution in [0.25, 0.3) is 6.08 Å². The number of halogens is 3. The van der Waals surface area contributed by atoms with Crippen LogP contribution in [-0.2, 0) is 36.6 Å². The summed E-state index contributed by atoms with van der Waals surface area (Å²) in [5, 5.41) is 2.64. The van der Waals surface area contributed by atoms with E-state index in [0.29, 0.717) is 11.1 Å². The summed E-state index contributed by atoms with van der Waals surface area (Å²) in [6.07, 6.45) is -4.02. The number of carbonyl (C=O) groups is 4. The van der Waals surface area contributed by atoms with Crippen molar-refractivity contribution in [3.63, 3.8) is 0 Å². The van der Waals surface area contributed by atoms with Crippen LogP contribution in [0.4, 0.5) is 18.0 Å². The molecule has 240 valence electrons. The standard InChI is InChI=1S/C34H32F3N3O6/c1-3-22-11-7-8-15-25(22)29-30(40-27(20-46-33(40)44)23-12-5-4-6-13-23)32(43)39(29)26(16-17-28(41)45-2)31(42)38-19-21-10-9-14-24(18-21)34(35,36)37/h3-15,18,26-27,29-30H,1,16-17,19-20H2,2H3,(H,38,42)/t26?,27-,29-,30+/m1/s1. The Morgan fingerprint density at radius 3 is 2.46 bits per heavy atom. The number of esters is 1. The number of methoxy groups -OCH3 is 1. The van der Waals surface area contributed by atoms with E-state index in [1.54, 1.807) is 30.3 Å². The van der Waals surface area contributed by atoms with Gasteiger partial charge in [-0.2, -0.15) is 13.2 Å². The van der Waals surface area contributed by atoms with Gasteiger partial charge >= 0.3 is 18.2 Å². The number of carbonyl (C=O) groups excluding carboxylic acids is 4. The number of hydrogen-bond donors (Lipinski definition) is 1. The molecule has 2 heterocycles. The SMILES string of the molecule is C=Cc1ccccc1[C@@H]1[C@H](N2C(=O)OC[C@@H]2c2ccccc2)C(=O)N1C(CCC(=O)OC)C(=O)NCc1cccc(C(F)(F)F)c1. The molecule has 46 heavy (non-hydrogen) atoms. The first-order valence-corrected chi connectivity index (χ1v) is 14.6. The molecule has 2 aliphatic rings. The number of alkyl halides is 3. The Morgan fingerprint density at radius 1 is 1.04 bits per heavy atom. The van der Waals surface area contributed by atoms with E-state index in [0.717, 1.165) is 17.7 Å². The molecular weight excluding hydrogens is 603 g/mol. The van der Waals surface area contributed by atoms with Crippen LogP contribution in [0.3, 0.4) is 0 Å². The highest BCUT2D eigenvalue weighted by Crippen LogP contribution is 2.46. The third-order valence-electron chi connectivity index (χ3n) is 8.25. The van der Waals surface area contributed by atoms with Gasteiger partial charge < -0.3 is 19.7 Å². The Kier molecular flexibility index (Phi) is 9.45. The van der Waals surface area contributed by atoms with E-state index in [1.165, 1.54) is 29.0 Å². The van der Waals surface area contributed by atoms with E-state index in [9.17, 15) is 32.3 Å². The Morgan fingerprint density at radius 2 is 1.76 bits per heavy atom. The average molecular weight is 636 g/mol. The topological polar surface area (TPSA) is 105 Å². The molecule has 2 saturated heterocycles. The van der Waals surface area contributed by atoms with Crippen molar-refractivity contribution in [2.24, 2.45) is 0 Å². The van der Waals surface area contributed by atoms with Crippen LogP contribution in [0, 0.1) is 0 Å². The zero-order valence-corrected chi connectivity index (χ0v) is 24.9. The summed E-state index contributed by atoms with van der Waals surface area (Å²) in [6.45, 7) is 3.65. The maximum absolute atomic E-state index is 14.2. The molecule has 3 aromatic rings. The largest absolute Gasteiger partial charge is 0.469 e. The van der Waals surface area contributed by atoms with Crippen LogP contribution in [0.2, 0.25) is 0 Å². The van der Waals surface area contributed by atoms with Gasteiger partial charge in [0, 0.05) is 13.0 Å². The van der Waals surface area contributed by atoms with Crippen LogP contribution in [0.15, 0.2) is 85.4 Å². The molecule has 0 aliphatic carbocycles. The lowest BCUT2D eigenvalue weighted by Crippen LogP contribution is -2.70. The highest BCUT2D eigenvalue weighted by molar-refractivity contribution is 5.98. The Balaban J connectivity index is 1.50. The minimum absolute atomic E-state index is 0.0195. The lowest BCUT2D eigenvalue weighted by molar-refractivity contribution is -0.168. The molecule has 12 heteroatoms. The lowest BCUT2D eigenvalue weighted by atomic mass is 9.81. The first-order valence-electron chi connectivity index (χ1n) is 14.6. The number of β-lactam (4-membered cyclic amide) rings is 1. The zero-order chi connectivity index (χ0) is 33.0. The number of cyclic esters (lactones) is 1. The van der Waals surface area contributed by atoms with Crippen LogP contribution in [0.1, 0.15) is 52.7 Å². The molecule has 2 fully saturated rings. The summed E-state index contributed by atoms with van der Waals surface area (Å²) in [4.78, 5) is 56.0. The highest BCUT2D eigenvalue weighted by Gasteiger charge is 2.59. The van der Waals surface area contributed by atoms with Crippen molar-refractivity contribution in [3.05, 3.63) is 113 Å². The molecule has 0 saturated carbocycles. The summed E-state index contributed by atoms with van der Waals surface area (Å²) in [7, 11) is 1.20. The molecule has 1 N–H and O–H groups in total. The second kappa shape index (κ2) is 13.5. The van der Waals surface area contributed by atoms with Crippen LogP contribution in [-0.4, -0.2) is 59.5 Å². The predicted molar refractivity (Wildman–Crippen MR) is 161 cm³/mol. The van der Waals surface area contributed by atoms with Gasteiger partial charge in [0.25, 0.3) is 0 Å². The summed E-state index contributed by atoms with van der Waals surface area (Å²) >= 11 is 0. The van der Waals surface area contributed by atoms with Gasteiger partial charge in [0.15, 0.2) is 0 Å². The molecule has 3 aromatic carbocycles. The fourth-order valence-corrected chi connectivity index (χ4v) is 5.99. The molecule has 2 aliphatic heterocycles. The van der Waals surface area contributed by atoms with Crippen molar-refractivity contribution in [2.45, 2.75) is 49.7 Å². The van der Waals surface area contributed by atoms with Gasteiger partial charge in [-0.3, -0.25) is 19.3 Å². The van der Waals surface area contributed by atoms with Crippen LogP contribution < -0.4 is 5.32 Å². The first kappa shape index (κ1) is 32.3. The van der Waals surface area contributed by atoms with Crippen molar-refractivity contribution in [3.8, 4) is 0 Å². The number of likely N-dealkylation sites (tertiary alicyclic amines) is 1. The number of amides is 3. The molecule has 0 bridgehead atoms. The minimum atomic E-state index is -4.57. The van der Waals surface area contributed by atoms with Crippen molar-refractivity contribution in [1.29, 1.82) is 0 Å². The maximum atomic E-state index is 14.2. The van der Waals surface area contributed by atoms with E-state index in [-0.39, 0.29) is 31.6 Å². The van der Waals surface area contributed by atoms with Gasteiger partial charge in [0.1, 0.15) is 18.7 Å². The minimum Gasteiger partial charge on any atom is -0.469 e. The van der Waals surface area contributed by atoms with Crippen LogP contribution >= 0.6 is 0 Å². The Hall–Kier alpha value is -5.13. The predicted octanol–water partition coefficient (Wildman–Crippen LogP) is 5.43. The molecule has 0 radical (unpaired) electrons. The quantitative estimate of drug-likeness (QED) is 0.223. The molecule has 3 amide bonds. The fourth-order valence-electron chi connectivity index (χ4n) is 5.99. The monoisotopic (exact) mass is 635 g/mol.